The van der Waals surface area contributed by atoms with Crippen LogP contribution in [0.5, 0.6) is 0 Å². The molecule has 0 unspecified atom stereocenters. The third kappa shape index (κ3) is 3.39. The number of nitrogens with zero attached hydrogens (tertiary/aromatic N) is 1. The fourth-order valence-corrected chi connectivity index (χ4v) is 3.94. The quantitative estimate of drug-likeness (QED) is 0.851. The van der Waals surface area contributed by atoms with Gasteiger partial charge in [0.05, 0.1) is 17.2 Å². The van der Waals surface area contributed by atoms with E-state index >= 15 is 0 Å². The Labute approximate surface area is 144 Å². The number of halogens is 2. The summed E-state index contributed by atoms with van der Waals surface area (Å²) in [6.07, 6.45) is 0.594. The molecule has 0 spiro atoms. The highest BCUT2D eigenvalue weighted by Crippen LogP contribution is 2.37. The minimum absolute atomic E-state index is 0.0112. The van der Waals surface area contributed by atoms with Crippen molar-refractivity contribution in [1.29, 1.82) is 0 Å². The maximum atomic E-state index is 13.6. The van der Waals surface area contributed by atoms with Crippen LogP contribution in [0.2, 0.25) is 5.02 Å². The van der Waals surface area contributed by atoms with Crippen molar-refractivity contribution in [2.24, 2.45) is 11.8 Å². The van der Waals surface area contributed by atoms with E-state index in [-0.39, 0.29) is 40.3 Å². The van der Waals surface area contributed by atoms with Crippen LogP contribution in [-0.4, -0.2) is 47.1 Å². The number of carbonyl (C=O) groups excluding carboxylic acids is 2. The summed E-state index contributed by atoms with van der Waals surface area (Å²) in [5.74, 6) is -0.580. The fourth-order valence-electron chi connectivity index (χ4n) is 3.82. The van der Waals surface area contributed by atoms with Crippen LogP contribution in [0.1, 0.15) is 30.1 Å². The number of nitrogens with one attached hydrogen (secondary N) is 1. The first kappa shape index (κ1) is 17.2. The maximum Gasteiger partial charge on any atom is 0.253 e. The Bertz CT molecular complexity index is 669. The molecule has 24 heavy (non-hydrogen) atoms. The third-order valence-corrected chi connectivity index (χ3v) is 5.29. The predicted octanol–water partition coefficient (Wildman–Crippen LogP) is 1.83. The van der Waals surface area contributed by atoms with Crippen molar-refractivity contribution in [3.05, 3.63) is 34.6 Å². The Hall–Kier alpha value is -1.66. The van der Waals surface area contributed by atoms with Gasteiger partial charge in [-0.25, -0.2) is 4.39 Å². The number of benzene rings is 1. The Morgan fingerprint density at radius 2 is 1.96 bits per heavy atom. The second kappa shape index (κ2) is 6.69. The van der Waals surface area contributed by atoms with Crippen LogP contribution in [-0.2, 0) is 4.79 Å². The second-order valence-electron chi connectivity index (χ2n) is 6.70. The minimum atomic E-state index is -0.611. The molecular formula is C17H20ClFN2O3. The lowest BCUT2D eigenvalue weighted by Gasteiger charge is -2.35. The molecule has 1 saturated carbocycles. The van der Waals surface area contributed by atoms with Crippen LogP contribution >= 0.6 is 11.6 Å². The average Bonchev–Trinajstić information content (AvgIpc) is 2.92. The standard InChI is InChI=1S/C17H20ClFN2O3/c1-9(22)20-15-5-11-7-21(8-12(11)6-16(15)23)17(24)10-2-3-13(18)14(19)4-10/h2-4,11-12,15-16,23H,5-8H2,1H3,(H,20,22)/t11-,12+,15-,16-/m1/s1. The topological polar surface area (TPSA) is 69.6 Å². The molecule has 0 radical (unpaired) electrons. The number of aliphatic hydroxyl groups is 1. The average molecular weight is 355 g/mol. The van der Waals surface area contributed by atoms with E-state index in [9.17, 15) is 19.1 Å². The molecule has 7 heteroatoms. The van der Waals surface area contributed by atoms with Crippen LogP contribution in [0, 0.1) is 17.7 Å². The van der Waals surface area contributed by atoms with E-state index < -0.39 is 11.9 Å². The van der Waals surface area contributed by atoms with Gasteiger partial charge in [0, 0.05) is 25.6 Å². The summed E-state index contributed by atoms with van der Waals surface area (Å²) < 4.78 is 13.6. The summed E-state index contributed by atoms with van der Waals surface area (Å²) in [6.45, 7) is 2.52. The highest BCUT2D eigenvalue weighted by atomic mass is 35.5. The Kier molecular flexibility index (Phi) is 4.78. The van der Waals surface area contributed by atoms with Crippen molar-refractivity contribution >= 4 is 23.4 Å². The summed E-state index contributed by atoms with van der Waals surface area (Å²) in [5, 5.41) is 13.0. The molecule has 130 valence electrons. The summed E-state index contributed by atoms with van der Waals surface area (Å²) in [6, 6.07) is 3.78. The molecule has 5 nitrogen and oxygen atoms in total. The number of likely N-dealkylation sites (tertiary alicyclic amines) is 1. The highest BCUT2D eigenvalue weighted by Gasteiger charge is 2.43. The largest absolute Gasteiger partial charge is 0.391 e. The highest BCUT2D eigenvalue weighted by molar-refractivity contribution is 6.30. The van der Waals surface area contributed by atoms with Gasteiger partial charge in [0.2, 0.25) is 5.91 Å². The van der Waals surface area contributed by atoms with Gasteiger partial charge in [-0.05, 0) is 42.9 Å². The molecule has 2 amide bonds. The first-order valence-electron chi connectivity index (χ1n) is 8.04. The van der Waals surface area contributed by atoms with E-state index in [0.717, 1.165) is 6.07 Å². The summed E-state index contributed by atoms with van der Waals surface area (Å²) >= 11 is 5.66. The molecule has 1 heterocycles. The lowest BCUT2D eigenvalue weighted by atomic mass is 9.77. The van der Waals surface area contributed by atoms with Crippen molar-refractivity contribution in [1.82, 2.24) is 10.2 Å². The molecular weight excluding hydrogens is 335 g/mol. The van der Waals surface area contributed by atoms with Crippen molar-refractivity contribution in [2.45, 2.75) is 31.9 Å². The number of hydrogen-bond donors (Lipinski definition) is 2. The van der Waals surface area contributed by atoms with Crippen LogP contribution in [0.25, 0.3) is 0 Å². The van der Waals surface area contributed by atoms with Crippen molar-refractivity contribution < 1.29 is 19.1 Å². The van der Waals surface area contributed by atoms with Gasteiger partial charge in [0.1, 0.15) is 5.82 Å². The van der Waals surface area contributed by atoms with Crippen LogP contribution in [0.4, 0.5) is 4.39 Å². The fraction of sp³-hybridized carbons (Fsp3) is 0.529. The van der Waals surface area contributed by atoms with Crippen LogP contribution < -0.4 is 5.32 Å². The molecule has 3 rings (SSSR count). The number of rotatable bonds is 2. The molecule has 0 aromatic heterocycles. The predicted molar refractivity (Wildman–Crippen MR) is 87.1 cm³/mol. The number of aliphatic hydroxyl groups excluding tert-OH is 1. The minimum Gasteiger partial charge on any atom is -0.391 e. The maximum absolute atomic E-state index is 13.6. The van der Waals surface area contributed by atoms with E-state index in [4.69, 9.17) is 11.6 Å². The van der Waals surface area contributed by atoms with Gasteiger partial charge in [0.15, 0.2) is 0 Å². The zero-order valence-corrected chi connectivity index (χ0v) is 14.1. The van der Waals surface area contributed by atoms with E-state index in [2.05, 4.69) is 5.32 Å². The number of fused-ring (bicyclic) bond motifs is 1. The van der Waals surface area contributed by atoms with Gasteiger partial charge in [-0.2, -0.15) is 0 Å². The van der Waals surface area contributed by atoms with Crippen LogP contribution in [0.3, 0.4) is 0 Å². The lowest BCUT2D eigenvalue weighted by molar-refractivity contribution is -0.121. The van der Waals surface area contributed by atoms with Gasteiger partial charge in [-0.1, -0.05) is 11.6 Å². The smallest absolute Gasteiger partial charge is 0.253 e. The van der Waals surface area contributed by atoms with Crippen LogP contribution in [0.15, 0.2) is 18.2 Å². The second-order valence-corrected chi connectivity index (χ2v) is 7.11. The summed E-state index contributed by atoms with van der Waals surface area (Å²) in [7, 11) is 0. The molecule has 1 saturated heterocycles. The summed E-state index contributed by atoms with van der Waals surface area (Å²) in [5.41, 5.74) is 0.273. The van der Waals surface area contributed by atoms with E-state index in [1.54, 1.807) is 4.90 Å². The molecule has 1 aromatic rings. The zero-order chi connectivity index (χ0) is 17.4. The van der Waals surface area contributed by atoms with Gasteiger partial charge >= 0.3 is 0 Å². The Balaban J connectivity index is 1.69. The third-order valence-electron chi connectivity index (χ3n) is 4.98. The Morgan fingerprint density at radius 1 is 1.29 bits per heavy atom. The molecule has 1 aromatic carbocycles. The van der Waals surface area contributed by atoms with Gasteiger partial charge < -0.3 is 15.3 Å². The lowest BCUT2D eigenvalue weighted by Crippen LogP contribution is -2.48. The molecule has 2 N–H and O–H groups in total. The number of amides is 2. The van der Waals surface area contributed by atoms with E-state index in [1.807, 2.05) is 0 Å². The number of hydrogen-bond acceptors (Lipinski definition) is 3. The zero-order valence-electron chi connectivity index (χ0n) is 13.3. The molecule has 2 aliphatic rings. The Morgan fingerprint density at radius 3 is 2.58 bits per heavy atom. The van der Waals surface area contributed by atoms with Gasteiger partial charge in [0.25, 0.3) is 5.91 Å². The first-order valence-corrected chi connectivity index (χ1v) is 8.42. The molecule has 0 bridgehead atoms. The SMILES string of the molecule is CC(=O)N[C@@H]1C[C@@H]2CN(C(=O)c3ccc(Cl)c(F)c3)C[C@@H]2C[C@H]1O. The van der Waals surface area contributed by atoms with Crippen molar-refractivity contribution in [2.75, 3.05) is 13.1 Å². The number of carbonyl (C=O) groups is 2. The molecule has 2 fully saturated rings. The van der Waals surface area contributed by atoms with E-state index in [1.165, 1.54) is 19.1 Å². The monoisotopic (exact) mass is 354 g/mol. The normalized spacial score (nSPS) is 29.2. The van der Waals surface area contributed by atoms with Crippen molar-refractivity contribution in [3.63, 3.8) is 0 Å². The molecule has 1 aliphatic heterocycles. The summed E-state index contributed by atoms with van der Waals surface area (Å²) in [4.78, 5) is 25.5. The van der Waals surface area contributed by atoms with Gasteiger partial charge in [-0.15, -0.1) is 0 Å². The first-order chi connectivity index (χ1) is 11.3. The van der Waals surface area contributed by atoms with E-state index in [0.29, 0.717) is 25.9 Å². The van der Waals surface area contributed by atoms with Crippen molar-refractivity contribution in [3.8, 4) is 0 Å². The molecule has 1 aliphatic carbocycles. The van der Waals surface area contributed by atoms with Gasteiger partial charge in [-0.3, -0.25) is 9.59 Å². The molecule has 4 atom stereocenters.